The van der Waals surface area contributed by atoms with Crippen molar-refractivity contribution in [2.45, 2.75) is 45.4 Å². The molecule has 2 heteroatoms. The molecule has 2 unspecified atom stereocenters. The van der Waals surface area contributed by atoms with E-state index in [2.05, 4.69) is 20.4 Å². The SMILES string of the molecule is C=CC(=O)CC(C)CCCC(C)c1ccc(C=O)cc1. The molecule has 0 saturated carbocycles. The summed E-state index contributed by atoms with van der Waals surface area (Å²) in [6.07, 6.45) is 6.16. The van der Waals surface area contributed by atoms with Crippen LogP contribution in [0, 0.1) is 5.92 Å². The smallest absolute Gasteiger partial charge is 0.155 e. The molecule has 0 radical (unpaired) electrons. The van der Waals surface area contributed by atoms with Crippen LogP contribution in [-0.2, 0) is 4.79 Å². The second-order valence-electron chi connectivity index (χ2n) is 5.60. The Morgan fingerprint density at radius 1 is 1.20 bits per heavy atom. The van der Waals surface area contributed by atoms with Gasteiger partial charge in [0.15, 0.2) is 5.78 Å². The van der Waals surface area contributed by atoms with E-state index in [1.807, 2.05) is 24.3 Å². The lowest BCUT2D eigenvalue weighted by Crippen LogP contribution is -2.03. The van der Waals surface area contributed by atoms with Gasteiger partial charge in [0.05, 0.1) is 0 Å². The first kappa shape index (κ1) is 16.4. The molecule has 1 aromatic carbocycles. The maximum absolute atomic E-state index is 11.3. The largest absolute Gasteiger partial charge is 0.298 e. The molecule has 1 aromatic rings. The van der Waals surface area contributed by atoms with Crippen LogP contribution in [0.5, 0.6) is 0 Å². The standard InChI is InChI=1S/C18H24O2/c1-4-18(20)12-14(2)6-5-7-15(3)17-10-8-16(13-19)9-11-17/h4,8-11,13-15H,1,5-7,12H2,2-3H3. The van der Waals surface area contributed by atoms with Crippen LogP contribution in [0.2, 0.25) is 0 Å². The highest BCUT2D eigenvalue weighted by Crippen LogP contribution is 2.23. The van der Waals surface area contributed by atoms with E-state index in [4.69, 9.17) is 0 Å². The van der Waals surface area contributed by atoms with Gasteiger partial charge in [-0.05, 0) is 29.9 Å². The third-order valence-corrected chi connectivity index (χ3v) is 3.75. The predicted octanol–water partition coefficient (Wildman–Crippen LogP) is 4.55. The molecule has 0 aliphatic heterocycles. The van der Waals surface area contributed by atoms with E-state index in [1.165, 1.54) is 11.6 Å². The van der Waals surface area contributed by atoms with Crippen LogP contribution in [0.4, 0.5) is 0 Å². The predicted molar refractivity (Wildman–Crippen MR) is 83.1 cm³/mol. The first-order valence-corrected chi connectivity index (χ1v) is 7.27. The summed E-state index contributed by atoms with van der Waals surface area (Å²) in [5.41, 5.74) is 1.99. The van der Waals surface area contributed by atoms with Crippen LogP contribution in [0.25, 0.3) is 0 Å². The van der Waals surface area contributed by atoms with Crippen molar-refractivity contribution in [1.29, 1.82) is 0 Å². The van der Waals surface area contributed by atoms with E-state index >= 15 is 0 Å². The molecule has 0 aromatic heterocycles. The minimum absolute atomic E-state index is 0.134. The molecule has 1 rings (SSSR count). The molecular weight excluding hydrogens is 248 g/mol. The summed E-state index contributed by atoms with van der Waals surface area (Å²) in [4.78, 5) is 21.9. The Bertz CT molecular complexity index is 445. The number of ketones is 1. The molecule has 108 valence electrons. The Morgan fingerprint density at radius 3 is 2.40 bits per heavy atom. The van der Waals surface area contributed by atoms with Crippen LogP contribution in [-0.4, -0.2) is 12.1 Å². The molecule has 0 aliphatic rings. The van der Waals surface area contributed by atoms with Gasteiger partial charge in [-0.2, -0.15) is 0 Å². The molecule has 0 amide bonds. The highest BCUT2D eigenvalue weighted by atomic mass is 16.1. The summed E-state index contributed by atoms with van der Waals surface area (Å²) in [6.45, 7) is 7.82. The van der Waals surface area contributed by atoms with Crippen molar-refractivity contribution in [1.82, 2.24) is 0 Å². The quantitative estimate of drug-likeness (QED) is 0.488. The minimum Gasteiger partial charge on any atom is -0.298 e. The van der Waals surface area contributed by atoms with Gasteiger partial charge >= 0.3 is 0 Å². The molecule has 0 saturated heterocycles. The van der Waals surface area contributed by atoms with Gasteiger partial charge in [0, 0.05) is 12.0 Å². The molecule has 0 bridgehead atoms. The Morgan fingerprint density at radius 2 is 1.85 bits per heavy atom. The first-order chi connectivity index (χ1) is 9.56. The monoisotopic (exact) mass is 272 g/mol. The number of carbonyl (C=O) groups is 2. The highest BCUT2D eigenvalue weighted by Gasteiger charge is 2.09. The van der Waals surface area contributed by atoms with Gasteiger partial charge in [0.25, 0.3) is 0 Å². The van der Waals surface area contributed by atoms with Gasteiger partial charge in [-0.3, -0.25) is 9.59 Å². The van der Waals surface area contributed by atoms with Gasteiger partial charge < -0.3 is 0 Å². The summed E-state index contributed by atoms with van der Waals surface area (Å²) in [5.74, 6) is 1.04. The van der Waals surface area contributed by atoms with Crippen molar-refractivity contribution in [3.8, 4) is 0 Å². The summed E-state index contributed by atoms with van der Waals surface area (Å²) in [6, 6.07) is 7.78. The Labute approximate surface area is 121 Å². The van der Waals surface area contributed by atoms with Gasteiger partial charge in [0.2, 0.25) is 0 Å². The average molecular weight is 272 g/mol. The van der Waals surface area contributed by atoms with E-state index in [1.54, 1.807) is 0 Å². The molecule has 0 fully saturated rings. The summed E-state index contributed by atoms with van der Waals surface area (Å²) in [5, 5.41) is 0. The molecule has 0 heterocycles. The second-order valence-corrected chi connectivity index (χ2v) is 5.60. The van der Waals surface area contributed by atoms with Crippen molar-refractivity contribution in [3.05, 3.63) is 48.0 Å². The zero-order valence-corrected chi connectivity index (χ0v) is 12.5. The second kappa shape index (κ2) is 8.47. The van der Waals surface area contributed by atoms with Crippen LogP contribution in [0.1, 0.15) is 61.4 Å². The lowest BCUT2D eigenvalue weighted by Gasteiger charge is -2.14. The number of hydrogen-bond donors (Lipinski definition) is 0. The fourth-order valence-corrected chi connectivity index (χ4v) is 2.37. The Kier molecular flexibility index (Phi) is 6.92. The van der Waals surface area contributed by atoms with Crippen molar-refractivity contribution in [2.24, 2.45) is 5.92 Å². The number of aldehydes is 1. The molecule has 0 N–H and O–H groups in total. The fraction of sp³-hybridized carbons (Fsp3) is 0.444. The van der Waals surface area contributed by atoms with Crippen LogP contribution < -0.4 is 0 Å². The summed E-state index contributed by atoms with van der Waals surface area (Å²) >= 11 is 0. The van der Waals surface area contributed by atoms with E-state index in [0.717, 1.165) is 31.1 Å². The van der Waals surface area contributed by atoms with E-state index in [9.17, 15) is 9.59 Å². The number of hydrogen-bond acceptors (Lipinski definition) is 2. The molecule has 2 atom stereocenters. The molecular formula is C18H24O2. The molecule has 0 aliphatic carbocycles. The lowest BCUT2D eigenvalue weighted by molar-refractivity contribution is -0.115. The highest BCUT2D eigenvalue weighted by molar-refractivity contribution is 5.89. The lowest BCUT2D eigenvalue weighted by atomic mass is 9.91. The van der Waals surface area contributed by atoms with E-state index < -0.39 is 0 Å². The summed E-state index contributed by atoms with van der Waals surface area (Å²) < 4.78 is 0. The number of allylic oxidation sites excluding steroid dienone is 1. The van der Waals surface area contributed by atoms with Gasteiger partial charge in [0.1, 0.15) is 6.29 Å². The minimum atomic E-state index is 0.134. The van der Waals surface area contributed by atoms with Crippen LogP contribution in [0.3, 0.4) is 0 Å². The maximum atomic E-state index is 11.3. The van der Waals surface area contributed by atoms with E-state index in [-0.39, 0.29) is 5.78 Å². The zero-order valence-electron chi connectivity index (χ0n) is 12.5. The summed E-state index contributed by atoms with van der Waals surface area (Å²) in [7, 11) is 0. The maximum Gasteiger partial charge on any atom is 0.155 e. The van der Waals surface area contributed by atoms with Crippen molar-refractivity contribution >= 4 is 12.1 Å². The normalized spacial score (nSPS) is 13.5. The van der Waals surface area contributed by atoms with Gasteiger partial charge in [-0.1, -0.05) is 57.5 Å². The Hall–Kier alpha value is -1.70. The van der Waals surface area contributed by atoms with Gasteiger partial charge in [-0.15, -0.1) is 0 Å². The van der Waals surface area contributed by atoms with Gasteiger partial charge in [-0.25, -0.2) is 0 Å². The number of benzene rings is 1. The number of rotatable bonds is 9. The van der Waals surface area contributed by atoms with E-state index in [0.29, 0.717) is 18.3 Å². The third-order valence-electron chi connectivity index (χ3n) is 3.75. The molecule has 2 nitrogen and oxygen atoms in total. The topological polar surface area (TPSA) is 34.1 Å². The first-order valence-electron chi connectivity index (χ1n) is 7.27. The van der Waals surface area contributed by atoms with Crippen molar-refractivity contribution < 1.29 is 9.59 Å². The fourth-order valence-electron chi connectivity index (χ4n) is 2.37. The zero-order chi connectivity index (χ0) is 15.0. The third kappa shape index (κ3) is 5.52. The van der Waals surface area contributed by atoms with Crippen molar-refractivity contribution in [2.75, 3.05) is 0 Å². The van der Waals surface area contributed by atoms with Crippen LogP contribution >= 0.6 is 0 Å². The average Bonchev–Trinajstić information content (AvgIpc) is 2.47. The number of carbonyl (C=O) groups excluding carboxylic acids is 2. The Balaban J connectivity index is 2.35. The van der Waals surface area contributed by atoms with Crippen molar-refractivity contribution in [3.63, 3.8) is 0 Å². The molecule has 20 heavy (non-hydrogen) atoms. The molecule has 0 spiro atoms. The van der Waals surface area contributed by atoms with Crippen LogP contribution in [0.15, 0.2) is 36.9 Å².